The minimum atomic E-state index is -0.395. The number of hydrogen-bond donors (Lipinski definition) is 0. The quantitative estimate of drug-likeness (QED) is 0.361. The highest BCUT2D eigenvalue weighted by Gasteiger charge is 2.24. The Morgan fingerprint density at radius 2 is 1.85 bits per heavy atom. The van der Waals surface area contributed by atoms with Crippen molar-refractivity contribution in [3.05, 3.63) is 57.0 Å². The number of nitrogens with zero attached hydrogens (tertiary/aromatic N) is 2. The maximum atomic E-state index is 13.1. The van der Waals surface area contributed by atoms with Gasteiger partial charge in [-0.1, -0.05) is 6.42 Å². The molecule has 0 N–H and O–H groups in total. The number of aryl methyl sites for hydroxylation is 1. The van der Waals surface area contributed by atoms with Gasteiger partial charge in [-0.2, -0.15) is 0 Å². The molecule has 0 radical (unpaired) electrons. The zero-order chi connectivity index (χ0) is 23.5. The van der Waals surface area contributed by atoms with Gasteiger partial charge >= 0.3 is 5.97 Å². The maximum absolute atomic E-state index is 13.1. The second-order valence-corrected chi connectivity index (χ2v) is 9.69. The van der Waals surface area contributed by atoms with Crippen LogP contribution in [0, 0.1) is 6.92 Å². The molecule has 1 aromatic carbocycles. The van der Waals surface area contributed by atoms with Gasteiger partial charge in [-0.25, -0.2) is 9.78 Å². The summed E-state index contributed by atoms with van der Waals surface area (Å²) in [6, 6.07) is 6.86. The summed E-state index contributed by atoms with van der Waals surface area (Å²) in [5.74, 6) is 0.0793. The summed E-state index contributed by atoms with van der Waals surface area (Å²) in [7, 11) is 0. The molecule has 8 heteroatoms. The summed E-state index contributed by atoms with van der Waals surface area (Å²) in [6.07, 6.45) is 6.42. The molecule has 174 valence electrons. The first-order valence-electron chi connectivity index (χ1n) is 11.3. The number of rotatable bonds is 7. The lowest BCUT2D eigenvalue weighted by Crippen LogP contribution is -2.25. The summed E-state index contributed by atoms with van der Waals surface area (Å²) >= 11 is 1.17. The largest absolute Gasteiger partial charge is 0.491 e. The Morgan fingerprint density at radius 1 is 1.15 bits per heavy atom. The smallest absolute Gasteiger partial charge is 0.348 e. The molecule has 0 bridgehead atoms. The third-order valence-corrected chi connectivity index (χ3v) is 6.97. The molecule has 33 heavy (non-hydrogen) atoms. The highest BCUT2D eigenvalue weighted by Crippen LogP contribution is 2.29. The molecule has 0 atom stereocenters. The van der Waals surface area contributed by atoms with Crippen LogP contribution >= 0.6 is 11.3 Å². The Balaban J connectivity index is 1.54. The van der Waals surface area contributed by atoms with Crippen LogP contribution in [-0.4, -0.2) is 33.5 Å². The number of benzene rings is 1. The Morgan fingerprint density at radius 3 is 2.52 bits per heavy atom. The first kappa shape index (κ1) is 23.2. The number of carbonyl (C=O) groups excluding carboxylic acids is 2. The molecule has 1 aliphatic carbocycles. The predicted octanol–water partition coefficient (Wildman–Crippen LogP) is 4.93. The van der Waals surface area contributed by atoms with Gasteiger partial charge in [0.1, 0.15) is 21.6 Å². The van der Waals surface area contributed by atoms with Crippen molar-refractivity contribution in [2.24, 2.45) is 0 Å². The normalized spacial score (nSPS) is 14.5. The van der Waals surface area contributed by atoms with E-state index in [9.17, 15) is 14.4 Å². The molecule has 4 rings (SSSR count). The summed E-state index contributed by atoms with van der Waals surface area (Å²) in [4.78, 5) is 43.9. The van der Waals surface area contributed by atoms with Crippen molar-refractivity contribution in [2.45, 2.75) is 71.6 Å². The van der Waals surface area contributed by atoms with E-state index in [1.807, 2.05) is 13.8 Å². The van der Waals surface area contributed by atoms with Crippen molar-refractivity contribution in [3.63, 3.8) is 0 Å². The highest BCUT2D eigenvalue weighted by molar-refractivity contribution is 7.20. The van der Waals surface area contributed by atoms with Crippen LogP contribution in [0.5, 0.6) is 5.75 Å². The van der Waals surface area contributed by atoms with Crippen LogP contribution in [-0.2, 0) is 11.3 Å². The van der Waals surface area contributed by atoms with Crippen LogP contribution in [0.25, 0.3) is 10.2 Å². The summed E-state index contributed by atoms with van der Waals surface area (Å²) < 4.78 is 12.6. The van der Waals surface area contributed by atoms with E-state index in [4.69, 9.17) is 9.47 Å². The monoisotopic (exact) mass is 468 g/mol. The van der Waals surface area contributed by atoms with Gasteiger partial charge in [0.15, 0.2) is 5.78 Å². The average Bonchev–Trinajstić information content (AvgIpc) is 3.13. The number of fused-ring (bicyclic) bond motifs is 1. The van der Waals surface area contributed by atoms with Gasteiger partial charge in [-0.3, -0.25) is 14.2 Å². The molecule has 2 aromatic heterocycles. The van der Waals surface area contributed by atoms with E-state index in [1.165, 1.54) is 28.7 Å². The fourth-order valence-electron chi connectivity index (χ4n) is 4.09. The summed E-state index contributed by atoms with van der Waals surface area (Å²) in [5.41, 5.74) is 0.709. The average molecular weight is 469 g/mol. The summed E-state index contributed by atoms with van der Waals surface area (Å²) in [5, 5.41) is 0.367. The predicted molar refractivity (Wildman–Crippen MR) is 127 cm³/mol. The van der Waals surface area contributed by atoms with Crippen LogP contribution in [0.4, 0.5) is 0 Å². The van der Waals surface area contributed by atoms with E-state index in [1.54, 1.807) is 31.2 Å². The van der Waals surface area contributed by atoms with Gasteiger partial charge in [0.25, 0.3) is 5.56 Å². The van der Waals surface area contributed by atoms with E-state index >= 15 is 0 Å². The number of Topliss-reactive ketones (excluding diaryl/α,β-unsaturated/α-hetero) is 1. The van der Waals surface area contributed by atoms with Crippen LogP contribution in [0.1, 0.15) is 71.5 Å². The van der Waals surface area contributed by atoms with Crippen molar-refractivity contribution in [1.82, 2.24) is 9.55 Å². The molecule has 0 saturated heterocycles. The van der Waals surface area contributed by atoms with Crippen molar-refractivity contribution in [2.75, 3.05) is 0 Å². The van der Waals surface area contributed by atoms with Gasteiger partial charge in [-0.15, -0.1) is 11.3 Å². The second kappa shape index (κ2) is 9.87. The third-order valence-electron chi connectivity index (χ3n) is 5.79. The number of thiophene rings is 1. The van der Waals surface area contributed by atoms with E-state index < -0.39 is 5.97 Å². The lowest BCUT2D eigenvalue weighted by atomic mass is 9.98. The first-order chi connectivity index (χ1) is 15.8. The Labute approximate surface area is 196 Å². The van der Waals surface area contributed by atoms with Crippen molar-refractivity contribution < 1.29 is 19.1 Å². The van der Waals surface area contributed by atoms with E-state index in [0.717, 1.165) is 25.7 Å². The highest BCUT2D eigenvalue weighted by atomic mass is 32.1. The molecule has 1 fully saturated rings. The SMILES string of the molecule is Cc1c(C(=O)OC2CCCCC2)sc2ncn(CC(=O)c3ccc(OC(C)C)cc3)c(=O)c12. The van der Waals surface area contributed by atoms with Gasteiger partial charge in [0.2, 0.25) is 0 Å². The molecule has 0 unspecified atom stereocenters. The zero-order valence-electron chi connectivity index (χ0n) is 19.1. The molecule has 7 nitrogen and oxygen atoms in total. The lowest BCUT2D eigenvalue weighted by molar-refractivity contribution is 0.0216. The molecule has 0 amide bonds. The number of esters is 1. The van der Waals surface area contributed by atoms with Gasteiger partial charge in [0.05, 0.1) is 24.4 Å². The van der Waals surface area contributed by atoms with Crippen molar-refractivity contribution in [1.29, 1.82) is 0 Å². The number of ether oxygens (including phenoxy) is 2. The summed E-state index contributed by atoms with van der Waals surface area (Å²) in [6.45, 7) is 5.46. The minimum absolute atomic E-state index is 0.0432. The maximum Gasteiger partial charge on any atom is 0.348 e. The Hall–Kier alpha value is -3.00. The third kappa shape index (κ3) is 5.16. The Kier molecular flexibility index (Phi) is 6.93. The van der Waals surface area contributed by atoms with Crippen LogP contribution in [0.15, 0.2) is 35.4 Å². The number of aromatic nitrogens is 2. The van der Waals surface area contributed by atoms with Gasteiger partial charge < -0.3 is 9.47 Å². The molecule has 1 aliphatic rings. The Bertz CT molecular complexity index is 1220. The van der Waals surface area contributed by atoms with Crippen LogP contribution < -0.4 is 10.3 Å². The number of ketones is 1. The van der Waals surface area contributed by atoms with E-state index in [-0.39, 0.29) is 30.1 Å². The fourth-order valence-corrected chi connectivity index (χ4v) is 5.11. The van der Waals surface area contributed by atoms with Crippen LogP contribution in [0.2, 0.25) is 0 Å². The number of hydrogen-bond acceptors (Lipinski definition) is 7. The molecule has 1 saturated carbocycles. The second-order valence-electron chi connectivity index (χ2n) is 8.69. The molecular weight excluding hydrogens is 440 g/mol. The number of carbonyl (C=O) groups is 2. The lowest BCUT2D eigenvalue weighted by Gasteiger charge is -2.21. The minimum Gasteiger partial charge on any atom is -0.491 e. The zero-order valence-corrected chi connectivity index (χ0v) is 19.9. The van der Waals surface area contributed by atoms with Gasteiger partial charge in [-0.05, 0) is 76.3 Å². The topological polar surface area (TPSA) is 87.5 Å². The molecule has 0 spiro atoms. The first-order valence-corrected chi connectivity index (χ1v) is 12.1. The molecule has 2 heterocycles. The molecule has 0 aliphatic heterocycles. The molecule has 3 aromatic rings. The van der Waals surface area contributed by atoms with E-state index in [2.05, 4.69) is 4.98 Å². The molecular formula is C25H28N2O5S. The van der Waals surface area contributed by atoms with Crippen molar-refractivity contribution >= 4 is 33.3 Å². The fraction of sp³-hybridized carbons (Fsp3) is 0.440. The van der Waals surface area contributed by atoms with Gasteiger partial charge in [0, 0.05) is 5.56 Å². The van der Waals surface area contributed by atoms with E-state index in [0.29, 0.717) is 32.0 Å². The van der Waals surface area contributed by atoms with Crippen molar-refractivity contribution in [3.8, 4) is 5.75 Å². The van der Waals surface area contributed by atoms with Crippen LogP contribution in [0.3, 0.4) is 0 Å². The standard InChI is InChI=1S/C25H28N2O5S/c1-15(2)31-19-11-9-17(10-12-19)20(28)13-27-14-26-23-21(24(27)29)16(3)22(33-23)25(30)32-18-7-5-4-6-8-18/h9-12,14-15,18H,4-8,13H2,1-3H3.